The van der Waals surface area contributed by atoms with Crippen LogP contribution >= 0.6 is 11.8 Å². The van der Waals surface area contributed by atoms with Gasteiger partial charge in [-0.05, 0) is 29.5 Å². The van der Waals surface area contributed by atoms with Crippen molar-refractivity contribution in [3.8, 4) is 0 Å². The van der Waals surface area contributed by atoms with Crippen LogP contribution in [0.15, 0.2) is 60.7 Å². The normalized spacial score (nSPS) is 15.5. The molecule has 26 heavy (non-hydrogen) atoms. The molecule has 1 aliphatic rings. The molecule has 1 fully saturated rings. The van der Waals surface area contributed by atoms with Gasteiger partial charge in [0.15, 0.2) is 0 Å². The molecule has 0 saturated carbocycles. The molecule has 1 saturated heterocycles. The standard InChI is InChI=1S/C22H26N2OS/c1-26-18-20-9-11-21(12-10-20)22(25)24-16-14-23(15-17-24)13-5-8-19-6-3-2-4-7-19/h2-12H,13-18H2,1H3/b8-5+. The average Bonchev–Trinajstić information content (AvgIpc) is 2.70. The Morgan fingerprint density at radius 2 is 1.69 bits per heavy atom. The van der Waals surface area contributed by atoms with Crippen LogP contribution in [-0.2, 0) is 5.75 Å². The SMILES string of the molecule is CSCc1ccc(C(=O)N2CCN(C/C=C/c3ccccc3)CC2)cc1. The van der Waals surface area contributed by atoms with E-state index in [1.54, 1.807) is 11.8 Å². The largest absolute Gasteiger partial charge is 0.336 e. The minimum absolute atomic E-state index is 0.153. The second-order valence-electron chi connectivity index (χ2n) is 6.54. The molecule has 1 aliphatic heterocycles. The molecule has 4 heteroatoms. The van der Waals surface area contributed by atoms with Crippen molar-refractivity contribution in [3.05, 3.63) is 77.4 Å². The minimum atomic E-state index is 0.153. The van der Waals surface area contributed by atoms with Crippen molar-refractivity contribution in [2.45, 2.75) is 5.75 Å². The molecule has 1 heterocycles. The lowest BCUT2D eigenvalue weighted by atomic mass is 10.1. The Labute approximate surface area is 160 Å². The van der Waals surface area contributed by atoms with E-state index in [0.717, 1.165) is 44.0 Å². The van der Waals surface area contributed by atoms with Crippen LogP contribution < -0.4 is 0 Å². The van der Waals surface area contributed by atoms with Gasteiger partial charge in [-0.2, -0.15) is 11.8 Å². The first-order valence-corrected chi connectivity index (χ1v) is 10.5. The van der Waals surface area contributed by atoms with Gasteiger partial charge in [0.05, 0.1) is 0 Å². The molecule has 2 aromatic rings. The fourth-order valence-electron chi connectivity index (χ4n) is 3.13. The monoisotopic (exact) mass is 366 g/mol. The molecule has 0 aromatic heterocycles. The molecule has 0 N–H and O–H groups in total. The summed E-state index contributed by atoms with van der Waals surface area (Å²) < 4.78 is 0. The lowest BCUT2D eigenvalue weighted by Gasteiger charge is -2.34. The van der Waals surface area contributed by atoms with E-state index in [1.165, 1.54) is 11.1 Å². The van der Waals surface area contributed by atoms with Crippen molar-refractivity contribution in [1.82, 2.24) is 9.80 Å². The number of piperazine rings is 1. The third-order valence-corrected chi connectivity index (χ3v) is 5.27. The predicted octanol–water partition coefficient (Wildman–Crippen LogP) is 4.02. The van der Waals surface area contributed by atoms with E-state index in [2.05, 4.69) is 59.7 Å². The second-order valence-corrected chi connectivity index (χ2v) is 7.40. The molecule has 3 rings (SSSR count). The topological polar surface area (TPSA) is 23.6 Å². The van der Waals surface area contributed by atoms with Gasteiger partial charge < -0.3 is 4.90 Å². The number of amides is 1. The maximum atomic E-state index is 12.7. The lowest BCUT2D eigenvalue weighted by Crippen LogP contribution is -2.48. The van der Waals surface area contributed by atoms with E-state index >= 15 is 0 Å². The van der Waals surface area contributed by atoms with E-state index in [4.69, 9.17) is 0 Å². The van der Waals surface area contributed by atoms with Crippen LogP contribution in [0.3, 0.4) is 0 Å². The summed E-state index contributed by atoms with van der Waals surface area (Å²) in [4.78, 5) is 17.0. The Balaban J connectivity index is 1.47. The van der Waals surface area contributed by atoms with Crippen molar-refractivity contribution >= 4 is 23.7 Å². The van der Waals surface area contributed by atoms with E-state index < -0.39 is 0 Å². The Hall–Kier alpha value is -2.04. The second kappa shape index (κ2) is 9.60. The molecule has 0 spiro atoms. The smallest absolute Gasteiger partial charge is 0.253 e. The van der Waals surface area contributed by atoms with Gasteiger partial charge in [0.1, 0.15) is 0 Å². The van der Waals surface area contributed by atoms with Gasteiger partial charge in [-0.25, -0.2) is 0 Å². The molecule has 2 aromatic carbocycles. The van der Waals surface area contributed by atoms with Crippen LogP contribution in [-0.4, -0.2) is 54.7 Å². The third kappa shape index (κ3) is 5.23. The molecule has 0 aliphatic carbocycles. The Morgan fingerprint density at radius 3 is 2.35 bits per heavy atom. The van der Waals surface area contributed by atoms with Gasteiger partial charge >= 0.3 is 0 Å². The van der Waals surface area contributed by atoms with Crippen molar-refractivity contribution in [2.75, 3.05) is 39.0 Å². The molecule has 0 bridgehead atoms. The molecule has 1 amide bonds. The fraction of sp³-hybridized carbons (Fsp3) is 0.318. The van der Waals surface area contributed by atoms with E-state index in [-0.39, 0.29) is 5.91 Å². The predicted molar refractivity (Wildman–Crippen MR) is 111 cm³/mol. The van der Waals surface area contributed by atoms with E-state index in [9.17, 15) is 4.79 Å². The van der Waals surface area contributed by atoms with Crippen LogP contribution in [0, 0.1) is 0 Å². The number of hydrogen-bond acceptors (Lipinski definition) is 3. The highest BCUT2D eigenvalue weighted by Crippen LogP contribution is 2.13. The first-order valence-electron chi connectivity index (χ1n) is 9.07. The maximum Gasteiger partial charge on any atom is 0.253 e. The summed E-state index contributed by atoms with van der Waals surface area (Å²) in [7, 11) is 0. The Morgan fingerprint density at radius 1 is 1.00 bits per heavy atom. The molecule has 0 radical (unpaired) electrons. The Bertz CT molecular complexity index is 720. The number of nitrogens with zero attached hydrogens (tertiary/aromatic N) is 2. The van der Waals surface area contributed by atoms with Crippen LogP contribution in [0.25, 0.3) is 6.08 Å². The quantitative estimate of drug-likeness (QED) is 0.771. The van der Waals surface area contributed by atoms with E-state index in [1.807, 2.05) is 23.1 Å². The highest BCUT2D eigenvalue weighted by atomic mass is 32.2. The van der Waals surface area contributed by atoms with Gasteiger partial charge in [-0.15, -0.1) is 0 Å². The van der Waals surface area contributed by atoms with Crippen molar-refractivity contribution in [1.29, 1.82) is 0 Å². The molecular weight excluding hydrogens is 340 g/mol. The zero-order valence-electron chi connectivity index (χ0n) is 15.3. The van der Waals surface area contributed by atoms with Crippen LogP contribution in [0.5, 0.6) is 0 Å². The number of thioether (sulfide) groups is 1. The van der Waals surface area contributed by atoms with Gasteiger partial charge in [-0.3, -0.25) is 9.69 Å². The van der Waals surface area contributed by atoms with Crippen molar-refractivity contribution < 1.29 is 4.79 Å². The third-order valence-electron chi connectivity index (χ3n) is 4.64. The molecule has 136 valence electrons. The first kappa shape index (κ1) is 18.7. The molecular formula is C22H26N2OS. The minimum Gasteiger partial charge on any atom is -0.336 e. The number of carbonyl (C=O) groups is 1. The summed E-state index contributed by atoms with van der Waals surface area (Å²) in [5.41, 5.74) is 3.29. The molecule has 0 unspecified atom stereocenters. The van der Waals surface area contributed by atoms with Crippen LogP contribution in [0.2, 0.25) is 0 Å². The average molecular weight is 367 g/mol. The molecule has 0 atom stereocenters. The fourth-order valence-corrected chi connectivity index (χ4v) is 3.65. The maximum absolute atomic E-state index is 12.7. The zero-order chi connectivity index (χ0) is 18.2. The lowest BCUT2D eigenvalue weighted by molar-refractivity contribution is 0.0650. The van der Waals surface area contributed by atoms with Crippen molar-refractivity contribution in [3.63, 3.8) is 0 Å². The first-order chi connectivity index (χ1) is 12.8. The van der Waals surface area contributed by atoms with Gasteiger partial charge in [-0.1, -0.05) is 54.6 Å². The summed E-state index contributed by atoms with van der Waals surface area (Å²) in [6, 6.07) is 18.4. The number of carbonyl (C=O) groups excluding carboxylic acids is 1. The number of hydrogen-bond donors (Lipinski definition) is 0. The van der Waals surface area contributed by atoms with Gasteiger partial charge in [0.25, 0.3) is 5.91 Å². The zero-order valence-corrected chi connectivity index (χ0v) is 16.1. The summed E-state index contributed by atoms with van der Waals surface area (Å²) in [6.07, 6.45) is 6.46. The van der Waals surface area contributed by atoms with Gasteiger partial charge in [0.2, 0.25) is 0 Å². The number of benzene rings is 2. The summed E-state index contributed by atoms with van der Waals surface area (Å²) in [5.74, 6) is 1.14. The van der Waals surface area contributed by atoms with Crippen molar-refractivity contribution in [2.24, 2.45) is 0 Å². The molecule has 3 nitrogen and oxygen atoms in total. The summed E-state index contributed by atoms with van der Waals surface area (Å²) >= 11 is 1.80. The summed E-state index contributed by atoms with van der Waals surface area (Å²) in [5, 5.41) is 0. The highest BCUT2D eigenvalue weighted by molar-refractivity contribution is 7.97. The van der Waals surface area contributed by atoms with Crippen LogP contribution in [0.4, 0.5) is 0 Å². The summed E-state index contributed by atoms with van der Waals surface area (Å²) in [6.45, 7) is 4.38. The van der Waals surface area contributed by atoms with E-state index in [0.29, 0.717) is 0 Å². The Kier molecular flexibility index (Phi) is 6.92. The van der Waals surface area contributed by atoms with Crippen LogP contribution in [0.1, 0.15) is 21.5 Å². The number of rotatable bonds is 6. The van der Waals surface area contributed by atoms with Gasteiger partial charge in [0, 0.05) is 44.0 Å². The highest BCUT2D eigenvalue weighted by Gasteiger charge is 2.21.